The highest BCUT2D eigenvalue weighted by molar-refractivity contribution is 5.23. The van der Waals surface area contributed by atoms with Gasteiger partial charge < -0.3 is 5.11 Å². The van der Waals surface area contributed by atoms with Crippen molar-refractivity contribution < 1.29 is 5.11 Å². The Balaban J connectivity index is 2.98. The Bertz CT molecular complexity index is 288. The number of pyridine rings is 1. The zero-order chi connectivity index (χ0) is 8.27. The zero-order valence-corrected chi connectivity index (χ0v) is 6.28. The Morgan fingerprint density at radius 2 is 2.36 bits per heavy atom. The molecule has 0 spiro atoms. The van der Waals surface area contributed by atoms with Crippen molar-refractivity contribution in [2.45, 2.75) is 13.0 Å². The number of aromatic nitrogens is 1. The van der Waals surface area contributed by atoms with E-state index in [1.54, 1.807) is 12.4 Å². The lowest BCUT2D eigenvalue weighted by Gasteiger charge is -2.02. The van der Waals surface area contributed by atoms with Crippen molar-refractivity contribution in [3.63, 3.8) is 0 Å². The molecular formula is C9H9NO. The van der Waals surface area contributed by atoms with Crippen LogP contribution in [0.3, 0.4) is 0 Å². The van der Waals surface area contributed by atoms with E-state index in [-0.39, 0.29) is 0 Å². The molecule has 0 saturated heterocycles. The predicted molar refractivity (Wildman–Crippen MR) is 42.8 cm³/mol. The first-order chi connectivity index (χ1) is 5.24. The fourth-order valence-electron chi connectivity index (χ4n) is 0.824. The van der Waals surface area contributed by atoms with E-state index in [4.69, 9.17) is 6.42 Å². The number of hydrogen-bond donors (Lipinski definition) is 1. The van der Waals surface area contributed by atoms with E-state index in [2.05, 4.69) is 10.9 Å². The molecule has 1 heterocycles. The van der Waals surface area contributed by atoms with Crippen molar-refractivity contribution in [1.82, 2.24) is 4.98 Å². The van der Waals surface area contributed by atoms with Gasteiger partial charge in [-0.3, -0.25) is 4.98 Å². The summed E-state index contributed by atoms with van der Waals surface area (Å²) in [6.45, 7) is 1.90. The zero-order valence-electron chi connectivity index (χ0n) is 6.28. The van der Waals surface area contributed by atoms with Crippen molar-refractivity contribution >= 4 is 0 Å². The number of rotatable bonds is 1. The number of aliphatic hydroxyl groups excluding tert-OH is 1. The van der Waals surface area contributed by atoms with Gasteiger partial charge in [0.1, 0.15) is 6.10 Å². The standard InChI is InChI=1S/C9H9NO/c1-3-9(11)8-4-7(2)5-10-6-8/h1,4-6,9,11H,2H3. The van der Waals surface area contributed by atoms with Gasteiger partial charge in [-0.15, -0.1) is 6.42 Å². The van der Waals surface area contributed by atoms with Gasteiger partial charge in [0.25, 0.3) is 0 Å². The van der Waals surface area contributed by atoms with Crippen LogP contribution >= 0.6 is 0 Å². The lowest BCUT2D eigenvalue weighted by Crippen LogP contribution is -1.94. The van der Waals surface area contributed by atoms with Crippen LogP contribution in [0.15, 0.2) is 18.5 Å². The van der Waals surface area contributed by atoms with Crippen LogP contribution in [-0.2, 0) is 0 Å². The van der Waals surface area contributed by atoms with Gasteiger partial charge in [0, 0.05) is 18.0 Å². The van der Waals surface area contributed by atoms with Crippen LogP contribution in [0.5, 0.6) is 0 Å². The van der Waals surface area contributed by atoms with Gasteiger partial charge in [0.05, 0.1) is 0 Å². The number of hydrogen-bond acceptors (Lipinski definition) is 2. The van der Waals surface area contributed by atoms with Crippen LogP contribution in [-0.4, -0.2) is 10.1 Å². The second-order valence-electron chi connectivity index (χ2n) is 2.36. The fraction of sp³-hybridized carbons (Fsp3) is 0.222. The fourth-order valence-corrected chi connectivity index (χ4v) is 0.824. The van der Waals surface area contributed by atoms with E-state index in [1.165, 1.54) is 0 Å². The van der Waals surface area contributed by atoms with Crippen LogP contribution in [0.25, 0.3) is 0 Å². The Morgan fingerprint density at radius 3 is 2.91 bits per heavy atom. The summed E-state index contributed by atoms with van der Waals surface area (Å²) in [5.41, 5.74) is 1.67. The smallest absolute Gasteiger partial charge is 0.141 e. The molecule has 11 heavy (non-hydrogen) atoms. The third kappa shape index (κ3) is 1.79. The normalized spacial score (nSPS) is 12.1. The Kier molecular flexibility index (Phi) is 2.25. The first kappa shape index (κ1) is 7.77. The van der Waals surface area contributed by atoms with Gasteiger partial charge in [0.2, 0.25) is 0 Å². The van der Waals surface area contributed by atoms with Crippen molar-refractivity contribution in [3.8, 4) is 12.3 Å². The molecule has 0 aromatic carbocycles. The van der Waals surface area contributed by atoms with Gasteiger partial charge >= 0.3 is 0 Å². The summed E-state index contributed by atoms with van der Waals surface area (Å²) in [5.74, 6) is 2.22. The SMILES string of the molecule is C#CC(O)c1cncc(C)c1. The van der Waals surface area contributed by atoms with Crippen molar-refractivity contribution in [2.24, 2.45) is 0 Å². The lowest BCUT2D eigenvalue weighted by molar-refractivity contribution is 0.238. The maximum Gasteiger partial charge on any atom is 0.141 e. The lowest BCUT2D eigenvalue weighted by atomic mass is 10.1. The molecule has 2 heteroatoms. The number of terminal acetylenes is 1. The van der Waals surface area contributed by atoms with Crippen molar-refractivity contribution in [1.29, 1.82) is 0 Å². The molecular weight excluding hydrogens is 138 g/mol. The monoisotopic (exact) mass is 147 g/mol. The average molecular weight is 147 g/mol. The van der Waals surface area contributed by atoms with Crippen LogP contribution < -0.4 is 0 Å². The molecule has 1 unspecified atom stereocenters. The van der Waals surface area contributed by atoms with Crippen LogP contribution in [0.4, 0.5) is 0 Å². The first-order valence-corrected chi connectivity index (χ1v) is 3.30. The highest BCUT2D eigenvalue weighted by atomic mass is 16.3. The maximum atomic E-state index is 9.18. The summed E-state index contributed by atoms with van der Waals surface area (Å²) in [4.78, 5) is 3.90. The minimum atomic E-state index is -0.831. The number of nitrogens with zero attached hydrogens (tertiary/aromatic N) is 1. The number of aryl methyl sites for hydroxylation is 1. The highest BCUT2D eigenvalue weighted by Gasteiger charge is 2.01. The van der Waals surface area contributed by atoms with E-state index in [0.29, 0.717) is 5.56 Å². The summed E-state index contributed by atoms with van der Waals surface area (Å²) >= 11 is 0. The molecule has 1 rings (SSSR count). The van der Waals surface area contributed by atoms with Gasteiger partial charge in [-0.2, -0.15) is 0 Å². The van der Waals surface area contributed by atoms with Crippen LogP contribution in [0, 0.1) is 19.3 Å². The summed E-state index contributed by atoms with van der Waals surface area (Å²) < 4.78 is 0. The molecule has 0 aliphatic heterocycles. The molecule has 2 nitrogen and oxygen atoms in total. The molecule has 56 valence electrons. The van der Waals surface area contributed by atoms with E-state index in [9.17, 15) is 5.11 Å². The summed E-state index contributed by atoms with van der Waals surface area (Å²) in [5, 5.41) is 9.18. The molecule has 0 aliphatic rings. The van der Waals surface area contributed by atoms with E-state index in [0.717, 1.165) is 5.56 Å². The van der Waals surface area contributed by atoms with Crippen molar-refractivity contribution in [3.05, 3.63) is 29.6 Å². The van der Waals surface area contributed by atoms with Crippen LogP contribution in [0.2, 0.25) is 0 Å². The quantitative estimate of drug-likeness (QED) is 0.602. The molecule has 0 saturated carbocycles. The largest absolute Gasteiger partial charge is 0.376 e. The van der Waals surface area contributed by atoms with E-state index >= 15 is 0 Å². The topological polar surface area (TPSA) is 33.1 Å². The average Bonchev–Trinajstić information content (AvgIpc) is 2.03. The molecule has 1 aromatic rings. The first-order valence-electron chi connectivity index (χ1n) is 3.30. The van der Waals surface area contributed by atoms with Crippen molar-refractivity contribution in [2.75, 3.05) is 0 Å². The minimum absolute atomic E-state index is 0.674. The molecule has 1 N–H and O–H groups in total. The van der Waals surface area contributed by atoms with Gasteiger partial charge in [-0.1, -0.05) is 5.92 Å². The third-order valence-corrected chi connectivity index (χ3v) is 1.37. The predicted octanol–water partition coefficient (Wildman–Crippen LogP) is 1.06. The number of aliphatic hydroxyl groups is 1. The van der Waals surface area contributed by atoms with E-state index < -0.39 is 6.10 Å². The minimum Gasteiger partial charge on any atom is -0.376 e. The molecule has 0 radical (unpaired) electrons. The molecule has 1 aromatic heterocycles. The molecule has 1 atom stereocenters. The Hall–Kier alpha value is -1.33. The summed E-state index contributed by atoms with van der Waals surface area (Å²) in [6, 6.07) is 1.82. The Labute approximate surface area is 65.9 Å². The second kappa shape index (κ2) is 3.18. The Morgan fingerprint density at radius 1 is 1.64 bits per heavy atom. The third-order valence-electron chi connectivity index (χ3n) is 1.37. The second-order valence-corrected chi connectivity index (χ2v) is 2.36. The van der Waals surface area contributed by atoms with Crippen LogP contribution in [0.1, 0.15) is 17.2 Å². The van der Waals surface area contributed by atoms with Gasteiger partial charge in [0.15, 0.2) is 0 Å². The molecule has 0 bridgehead atoms. The van der Waals surface area contributed by atoms with Gasteiger partial charge in [-0.25, -0.2) is 0 Å². The highest BCUT2D eigenvalue weighted by Crippen LogP contribution is 2.10. The van der Waals surface area contributed by atoms with E-state index in [1.807, 2.05) is 13.0 Å². The maximum absolute atomic E-state index is 9.18. The molecule has 0 fully saturated rings. The summed E-state index contributed by atoms with van der Waals surface area (Å²) in [7, 11) is 0. The van der Waals surface area contributed by atoms with Gasteiger partial charge in [-0.05, 0) is 18.6 Å². The molecule has 0 aliphatic carbocycles. The molecule has 0 amide bonds. The summed E-state index contributed by atoms with van der Waals surface area (Å²) in [6.07, 6.45) is 7.48.